The predicted octanol–water partition coefficient (Wildman–Crippen LogP) is 6.05. The predicted molar refractivity (Wildman–Crippen MR) is 98.4 cm³/mol. The van der Waals surface area contributed by atoms with E-state index in [0.29, 0.717) is 5.56 Å². The Morgan fingerprint density at radius 2 is 1.68 bits per heavy atom. The number of fused-ring (bicyclic) bond motifs is 1. The highest BCUT2D eigenvalue weighted by Gasteiger charge is 2.18. The Morgan fingerprint density at radius 1 is 0.920 bits per heavy atom. The molecule has 0 aromatic heterocycles. The summed E-state index contributed by atoms with van der Waals surface area (Å²) in [6, 6.07) is 10.2. The fourth-order valence-corrected chi connectivity index (χ4v) is 3.56. The lowest BCUT2D eigenvalue weighted by Gasteiger charge is -2.24. The first-order valence-corrected chi connectivity index (χ1v) is 9.24. The Hall–Kier alpha value is -2.14. The third-order valence-corrected chi connectivity index (χ3v) is 5.02. The van der Waals surface area contributed by atoms with Crippen LogP contribution in [0.1, 0.15) is 61.3 Å². The van der Waals surface area contributed by atoms with Crippen molar-refractivity contribution in [1.29, 1.82) is 0 Å². The summed E-state index contributed by atoms with van der Waals surface area (Å²) >= 11 is 0. The highest BCUT2D eigenvalue weighted by atomic mass is 19.2. The van der Waals surface area contributed by atoms with Crippen LogP contribution in [0.2, 0.25) is 0 Å². The zero-order chi connectivity index (χ0) is 17.6. The highest BCUT2D eigenvalue weighted by Crippen LogP contribution is 2.29. The molecule has 0 saturated heterocycles. The second-order valence-electron chi connectivity index (χ2n) is 6.97. The van der Waals surface area contributed by atoms with E-state index in [0.717, 1.165) is 30.0 Å². The number of hydrogen-bond acceptors (Lipinski definition) is 0. The molecule has 0 fully saturated rings. The minimum Gasteiger partial charge on any atom is -0.204 e. The van der Waals surface area contributed by atoms with E-state index in [4.69, 9.17) is 0 Å². The molecule has 0 radical (unpaired) electrons. The summed E-state index contributed by atoms with van der Waals surface area (Å²) in [4.78, 5) is 0. The minimum absolute atomic E-state index is 0.493. The lowest BCUT2D eigenvalue weighted by molar-refractivity contribution is 0.408. The second kappa shape index (κ2) is 8.30. The quantitative estimate of drug-likeness (QED) is 0.470. The fourth-order valence-electron chi connectivity index (χ4n) is 3.56. The van der Waals surface area contributed by atoms with Crippen molar-refractivity contribution < 1.29 is 8.78 Å². The zero-order valence-corrected chi connectivity index (χ0v) is 14.7. The average Bonchev–Trinajstić information content (AvgIpc) is 2.63. The summed E-state index contributed by atoms with van der Waals surface area (Å²) in [7, 11) is 0. The van der Waals surface area contributed by atoms with Crippen LogP contribution in [0.3, 0.4) is 0 Å². The van der Waals surface area contributed by atoms with E-state index in [2.05, 4.69) is 30.9 Å². The second-order valence-corrected chi connectivity index (χ2v) is 6.97. The standard InChI is InChI=1S/C23H24F2/c1-2-3-4-5-17-8-11-21-15-18(9-12-20(21)14-17)6-7-19-10-13-22(24)23(25)16-19/h9-10,12-13,15-17H,2-5,8,11,14H2,1H3. The lowest BCUT2D eigenvalue weighted by atomic mass is 9.81. The number of benzene rings is 2. The molecule has 0 aliphatic heterocycles. The Labute approximate surface area is 149 Å². The SMILES string of the molecule is CCCCCC1CCc2cc(C#Cc3ccc(F)c(F)c3)ccc2C1. The van der Waals surface area contributed by atoms with Gasteiger partial charge in [0.2, 0.25) is 0 Å². The van der Waals surface area contributed by atoms with Crippen LogP contribution in [0.5, 0.6) is 0 Å². The fraction of sp³-hybridized carbons (Fsp3) is 0.391. The maximum atomic E-state index is 13.2. The van der Waals surface area contributed by atoms with Crippen molar-refractivity contribution in [1.82, 2.24) is 0 Å². The first-order valence-electron chi connectivity index (χ1n) is 9.24. The molecule has 2 heteroatoms. The van der Waals surface area contributed by atoms with Gasteiger partial charge in [-0.25, -0.2) is 8.78 Å². The average molecular weight is 338 g/mol. The van der Waals surface area contributed by atoms with Gasteiger partial charge in [0, 0.05) is 11.1 Å². The van der Waals surface area contributed by atoms with E-state index in [1.165, 1.54) is 55.7 Å². The Balaban J connectivity index is 1.68. The molecule has 3 rings (SSSR count). The van der Waals surface area contributed by atoms with Crippen molar-refractivity contribution in [2.45, 2.75) is 51.9 Å². The summed E-state index contributed by atoms with van der Waals surface area (Å²) < 4.78 is 26.2. The van der Waals surface area contributed by atoms with Crippen molar-refractivity contribution in [3.05, 3.63) is 70.3 Å². The van der Waals surface area contributed by atoms with Crippen LogP contribution < -0.4 is 0 Å². The van der Waals surface area contributed by atoms with Gasteiger partial charge < -0.3 is 0 Å². The van der Waals surface area contributed by atoms with Gasteiger partial charge in [-0.3, -0.25) is 0 Å². The molecular weight excluding hydrogens is 314 g/mol. The van der Waals surface area contributed by atoms with Gasteiger partial charge in [-0.05, 0) is 66.6 Å². The number of hydrogen-bond donors (Lipinski definition) is 0. The Bertz CT molecular complexity index is 795. The normalized spacial score (nSPS) is 16.0. The molecule has 0 N–H and O–H groups in total. The van der Waals surface area contributed by atoms with Crippen LogP contribution in [0, 0.1) is 29.4 Å². The number of rotatable bonds is 4. The molecule has 0 spiro atoms. The van der Waals surface area contributed by atoms with Gasteiger partial charge in [-0.1, -0.05) is 50.5 Å². The van der Waals surface area contributed by atoms with Crippen molar-refractivity contribution in [3.8, 4) is 11.8 Å². The lowest BCUT2D eigenvalue weighted by Crippen LogP contribution is -2.14. The molecule has 0 heterocycles. The van der Waals surface area contributed by atoms with Crippen LogP contribution in [0.4, 0.5) is 8.78 Å². The van der Waals surface area contributed by atoms with Gasteiger partial charge in [0.15, 0.2) is 11.6 Å². The van der Waals surface area contributed by atoms with Gasteiger partial charge in [0.25, 0.3) is 0 Å². The van der Waals surface area contributed by atoms with Crippen LogP contribution in [-0.4, -0.2) is 0 Å². The molecule has 0 saturated carbocycles. The third kappa shape index (κ3) is 4.69. The number of unbranched alkanes of at least 4 members (excludes halogenated alkanes) is 2. The summed E-state index contributed by atoms with van der Waals surface area (Å²) in [5.74, 6) is 5.12. The first kappa shape index (κ1) is 17.7. The molecule has 1 aliphatic rings. The van der Waals surface area contributed by atoms with Crippen LogP contribution in [-0.2, 0) is 12.8 Å². The van der Waals surface area contributed by atoms with Crippen molar-refractivity contribution in [2.75, 3.05) is 0 Å². The van der Waals surface area contributed by atoms with E-state index in [9.17, 15) is 8.78 Å². The topological polar surface area (TPSA) is 0 Å². The molecule has 25 heavy (non-hydrogen) atoms. The first-order chi connectivity index (χ1) is 12.2. The Kier molecular flexibility index (Phi) is 5.87. The van der Waals surface area contributed by atoms with Gasteiger partial charge >= 0.3 is 0 Å². The molecule has 1 unspecified atom stereocenters. The van der Waals surface area contributed by atoms with Crippen LogP contribution in [0.25, 0.3) is 0 Å². The molecular formula is C23H24F2. The van der Waals surface area contributed by atoms with Crippen molar-refractivity contribution in [3.63, 3.8) is 0 Å². The molecule has 2 aromatic carbocycles. The van der Waals surface area contributed by atoms with E-state index in [1.807, 2.05) is 6.07 Å². The third-order valence-electron chi connectivity index (χ3n) is 5.02. The molecule has 2 aromatic rings. The largest absolute Gasteiger partial charge is 0.204 e. The van der Waals surface area contributed by atoms with Crippen LogP contribution in [0.15, 0.2) is 36.4 Å². The van der Waals surface area contributed by atoms with Gasteiger partial charge in [-0.15, -0.1) is 0 Å². The molecule has 130 valence electrons. The summed E-state index contributed by atoms with van der Waals surface area (Å²) in [6.07, 6.45) is 8.85. The molecule has 0 bridgehead atoms. The highest BCUT2D eigenvalue weighted by molar-refractivity contribution is 5.46. The van der Waals surface area contributed by atoms with E-state index in [1.54, 1.807) is 0 Å². The van der Waals surface area contributed by atoms with Gasteiger partial charge in [-0.2, -0.15) is 0 Å². The zero-order valence-electron chi connectivity index (χ0n) is 14.7. The molecule has 0 nitrogen and oxygen atoms in total. The van der Waals surface area contributed by atoms with Gasteiger partial charge in [0.05, 0.1) is 0 Å². The number of aryl methyl sites for hydroxylation is 1. The molecule has 0 amide bonds. The summed E-state index contributed by atoms with van der Waals surface area (Å²) in [6.45, 7) is 2.25. The minimum atomic E-state index is -0.855. The molecule has 1 aliphatic carbocycles. The van der Waals surface area contributed by atoms with E-state index < -0.39 is 11.6 Å². The smallest absolute Gasteiger partial charge is 0.160 e. The summed E-state index contributed by atoms with van der Waals surface area (Å²) in [5, 5.41) is 0. The van der Waals surface area contributed by atoms with Crippen molar-refractivity contribution in [2.24, 2.45) is 5.92 Å². The van der Waals surface area contributed by atoms with E-state index >= 15 is 0 Å². The molecule has 1 atom stereocenters. The van der Waals surface area contributed by atoms with Crippen molar-refractivity contribution >= 4 is 0 Å². The maximum absolute atomic E-state index is 13.2. The van der Waals surface area contributed by atoms with Gasteiger partial charge in [0.1, 0.15) is 0 Å². The monoisotopic (exact) mass is 338 g/mol. The van der Waals surface area contributed by atoms with E-state index in [-0.39, 0.29) is 0 Å². The Morgan fingerprint density at radius 3 is 2.44 bits per heavy atom. The maximum Gasteiger partial charge on any atom is 0.160 e. The number of halogens is 2. The summed E-state index contributed by atoms with van der Waals surface area (Å²) in [5.41, 5.74) is 4.27. The van der Waals surface area contributed by atoms with Crippen LogP contribution >= 0.6 is 0 Å².